The summed E-state index contributed by atoms with van der Waals surface area (Å²) in [6.45, 7) is 0.628. The highest BCUT2D eigenvalue weighted by atomic mass is 32.2. The molecule has 0 radical (unpaired) electrons. The zero-order chi connectivity index (χ0) is 20.2. The van der Waals surface area contributed by atoms with Crippen molar-refractivity contribution in [2.45, 2.75) is 49.4 Å². The van der Waals surface area contributed by atoms with Gasteiger partial charge >= 0.3 is 6.03 Å². The Hall–Kier alpha value is -2.35. The van der Waals surface area contributed by atoms with Crippen LogP contribution in [0.25, 0.3) is 10.9 Å². The van der Waals surface area contributed by atoms with E-state index in [1.54, 1.807) is 7.11 Å². The Labute approximate surface area is 174 Å². The maximum atomic E-state index is 12.1. The molecule has 0 aliphatic carbocycles. The summed E-state index contributed by atoms with van der Waals surface area (Å²) in [5.41, 5.74) is 2.26. The number of fused-ring (bicyclic) bond motifs is 2. The molecule has 0 bridgehead atoms. The molecule has 8 heteroatoms. The van der Waals surface area contributed by atoms with Gasteiger partial charge < -0.3 is 25.7 Å². The van der Waals surface area contributed by atoms with Gasteiger partial charge in [-0.3, -0.25) is 4.79 Å². The van der Waals surface area contributed by atoms with Crippen LogP contribution in [0.2, 0.25) is 0 Å². The van der Waals surface area contributed by atoms with E-state index in [0.717, 1.165) is 48.1 Å². The highest BCUT2D eigenvalue weighted by Gasteiger charge is 2.42. The number of carbonyl (C=O) groups is 2. The first kappa shape index (κ1) is 19.9. The molecule has 3 atom stereocenters. The lowest BCUT2D eigenvalue weighted by molar-refractivity contribution is -0.121. The maximum Gasteiger partial charge on any atom is 0.315 e. The molecule has 3 heterocycles. The molecule has 4 rings (SSSR count). The van der Waals surface area contributed by atoms with Crippen molar-refractivity contribution in [3.8, 4) is 5.75 Å². The number of H-pyrrole nitrogens is 1. The molecule has 2 aromatic rings. The van der Waals surface area contributed by atoms with Gasteiger partial charge in [0, 0.05) is 41.1 Å². The Morgan fingerprint density at radius 3 is 3.07 bits per heavy atom. The molecule has 29 heavy (non-hydrogen) atoms. The second-order valence-electron chi connectivity index (χ2n) is 7.69. The van der Waals surface area contributed by atoms with E-state index in [0.29, 0.717) is 18.2 Å². The van der Waals surface area contributed by atoms with Crippen molar-refractivity contribution in [1.82, 2.24) is 20.9 Å². The number of ether oxygens (including phenoxy) is 1. The number of aromatic nitrogens is 1. The lowest BCUT2D eigenvalue weighted by atomic mass is 10.0. The minimum absolute atomic E-state index is 0.0432. The fourth-order valence-electron chi connectivity index (χ4n) is 4.19. The Kier molecular flexibility index (Phi) is 6.18. The van der Waals surface area contributed by atoms with Crippen molar-refractivity contribution in [3.05, 3.63) is 30.0 Å². The molecule has 156 valence electrons. The zero-order valence-corrected chi connectivity index (χ0v) is 17.4. The van der Waals surface area contributed by atoms with E-state index < -0.39 is 0 Å². The van der Waals surface area contributed by atoms with E-state index in [9.17, 15) is 9.59 Å². The number of methoxy groups -OCH3 is 1. The van der Waals surface area contributed by atoms with Gasteiger partial charge in [-0.05, 0) is 43.0 Å². The third-order valence-electron chi connectivity index (χ3n) is 5.77. The number of rotatable bonds is 9. The second kappa shape index (κ2) is 8.98. The molecular weight excluding hydrogens is 388 g/mol. The molecular formula is C21H28N4O3S. The Morgan fingerprint density at radius 1 is 1.31 bits per heavy atom. The molecule has 0 spiro atoms. The third-order valence-corrected chi connectivity index (χ3v) is 7.28. The van der Waals surface area contributed by atoms with Gasteiger partial charge in [0.25, 0.3) is 0 Å². The van der Waals surface area contributed by atoms with Crippen LogP contribution in [0.3, 0.4) is 0 Å². The van der Waals surface area contributed by atoms with Gasteiger partial charge in [-0.15, -0.1) is 0 Å². The molecule has 4 N–H and O–H groups in total. The summed E-state index contributed by atoms with van der Waals surface area (Å²) >= 11 is 1.92. The zero-order valence-electron chi connectivity index (χ0n) is 16.6. The van der Waals surface area contributed by atoms with E-state index in [-0.39, 0.29) is 24.0 Å². The molecule has 1 aromatic heterocycles. The normalized spacial score (nSPS) is 22.9. The van der Waals surface area contributed by atoms with Crippen LogP contribution in [0, 0.1) is 0 Å². The van der Waals surface area contributed by atoms with Gasteiger partial charge in [-0.2, -0.15) is 11.8 Å². The molecule has 1 aromatic carbocycles. The van der Waals surface area contributed by atoms with Crippen LogP contribution < -0.4 is 20.7 Å². The van der Waals surface area contributed by atoms with Gasteiger partial charge in [0.2, 0.25) is 5.91 Å². The van der Waals surface area contributed by atoms with Crippen LogP contribution >= 0.6 is 11.8 Å². The van der Waals surface area contributed by atoms with E-state index in [4.69, 9.17) is 4.74 Å². The van der Waals surface area contributed by atoms with E-state index >= 15 is 0 Å². The number of unbranched alkanes of at least 4 members (excludes halogenated alkanes) is 1. The fourth-order valence-corrected chi connectivity index (χ4v) is 5.73. The van der Waals surface area contributed by atoms with Crippen molar-refractivity contribution < 1.29 is 14.3 Å². The number of nitrogens with one attached hydrogen (secondary N) is 4. The van der Waals surface area contributed by atoms with Crippen LogP contribution in [0.5, 0.6) is 5.75 Å². The van der Waals surface area contributed by atoms with Crippen molar-refractivity contribution in [2.75, 3.05) is 19.4 Å². The number of benzene rings is 1. The maximum absolute atomic E-state index is 12.1. The summed E-state index contributed by atoms with van der Waals surface area (Å²) in [5, 5.41) is 10.6. The van der Waals surface area contributed by atoms with Gasteiger partial charge in [0.05, 0.1) is 19.2 Å². The molecule has 7 nitrogen and oxygen atoms in total. The smallest absolute Gasteiger partial charge is 0.315 e. The van der Waals surface area contributed by atoms with Crippen molar-refractivity contribution >= 4 is 34.6 Å². The number of aromatic amines is 1. The lowest BCUT2D eigenvalue weighted by Gasteiger charge is -2.16. The first-order valence-electron chi connectivity index (χ1n) is 10.2. The predicted molar refractivity (Wildman–Crippen MR) is 116 cm³/mol. The van der Waals surface area contributed by atoms with Gasteiger partial charge in [0.15, 0.2) is 0 Å². The first-order chi connectivity index (χ1) is 14.1. The van der Waals surface area contributed by atoms with Crippen LogP contribution in [0.1, 0.15) is 31.2 Å². The van der Waals surface area contributed by atoms with E-state index in [2.05, 4.69) is 20.9 Å². The van der Waals surface area contributed by atoms with Crippen LogP contribution in [0.4, 0.5) is 4.79 Å². The van der Waals surface area contributed by atoms with Gasteiger partial charge in [0.1, 0.15) is 5.75 Å². The highest BCUT2D eigenvalue weighted by molar-refractivity contribution is 8.00. The molecule has 2 fully saturated rings. The van der Waals surface area contributed by atoms with Crippen molar-refractivity contribution in [2.24, 2.45) is 0 Å². The number of hydrogen-bond donors (Lipinski definition) is 4. The quantitative estimate of drug-likeness (QED) is 0.373. The summed E-state index contributed by atoms with van der Waals surface area (Å²) in [6.07, 6.45) is 6.27. The molecule has 3 amide bonds. The predicted octanol–water partition coefficient (Wildman–Crippen LogP) is 2.56. The van der Waals surface area contributed by atoms with E-state index in [1.807, 2.05) is 36.2 Å². The topological polar surface area (TPSA) is 95.2 Å². The second-order valence-corrected chi connectivity index (χ2v) is 8.97. The van der Waals surface area contributed by atoms with Crippen molar-refractivity contribution in [3.63, 3.8) is 0 Å². The summed E-state index contributed by atoms with van der Waals surface area (Å²) < 4.78 is 5.30. The summed E-state index contributed by atoms with van der Waals surface area (Å²) in [6, 6.07) is 6.44. The molecule has 2 saturated heterocycles. The third kappa shape index (κ3) is 4.63. The minimum Gasteiger partial charge on any atom is -0.497 e. The summed E-state index contributed by atoms with van der Waals surface area (Å²) in [7, 11) is 1.66. The first-order valence-corrected chi connectivity index (χ1v) is 11.3. The molecule has 0 unspecified atom stereocenters. The number of carbonyl (C=O) groups excluding carboxylic acids is 2. The Bertz CT molecular complexity index is 884. The Balaban J connectivity index is 1.14. The monoisotopic (exact) mass is 416 g/mol. The number of hydrogen-bond acceptors (Lipinski definition) is 4. The summed E-state index contributed by atoms with van der Waals surface area (Å²) in [4.78, 5) is 26.8. The van der Waals surface area contributed by atoms with Crippen LogP contribution in [-0.4, -0.2) is 53.7 Å². The Morgan fingerprint density at radius 2 is 2.21 bits per heavy atom. The molecule has 2 aliphatic rings. The van der Waals surface area contributed by atoms with E-state index in [1.165, 1.54) is 5.56 Å². The standard InChI is InChI=1S/C21H28N4O3S/c1-28-14-6-7-16-15(10-14)13(11-23-16)8-9-22-19(26)5-3-2-4-18-20-17(12-29-18)24-21(27)25-20/h6-7,10-11,17-18,20,23H,2-5,8-9,12H2,1H3,(H,22,26)(H2,24,25,27)/t17-,18-,20-/m1/s1. The van der Waals surface area contributed by atoms with Crippen molar-refractivity contribution in [1.29, 1.82) is 0 Å². The van der Waals surface area contributed by atoms with Gasteiger partial charge in [-0.1, -0.05) is 6.42 Å². The van der Waals surface area contributed by atoms with Crippen LogP contribution in [-0.2, 0) is 11.2 Å². The molecule has 2 aliphatic heterocycles. The lowest BCUT2D eigenvalue weighted by Crippen LogP contribution is -2.36. The number of amides is 3. The number of thioether (sulfide) groups is 1. The molecule has 0 saturated carbocycles. The average molecular weight is 417 g/mol. The van der Waals surface area contributed by atoms with Crippen LogP contribution in [0.15, 0.2) is 24.4 Å². The van der Waals surface area contributed by atoms with Gasteiger partial charge in [-0.25, -0.2) is 4.79 Å². The summed E-state index contributed by atoms with van der Waals surface area (Å²) in [5.74, 6) is 1.92. The highest BCUT2D eigenvalue weighted by Crippen LogP contribution is 2.33. The fraction of sp³-hybridized carbons (Fsp3) is 0.524. The SMILES string of the molecule is COc1ccc2[nH]cc(CCNC(=O)CCCC[C@H]3SC[C@H]4NC(=O)N[C@H]43)c2c1. The number of urea groups is 1. The largest absolute Gasteiger partial charge is 0.497 e. The average Bonchev–Trinajstić information content (AvgIpc) is 3.39. The minimum atomic E-state index is -0.0432.